The summed E-state index contributed by atoms with van der Waals surface area (Å²) in [5.41, 5.74) is 2.28. The van der Waals surface area contributed by atoms with Crippen molar-refractivity contribution >= 4 is 33.2 Å². The predicted molar refractivity (Wildman–Crippen MR) is 82.8 cm³/mol. The van der Waals surface area contributed by atoms with E-state index in [1.807, 2.05) is 19.1 Å². The van der Waals surface area contributed by atoms with E-state index < -0.39 is 5.82 Å². The molecule has 0 saturated heterocycles. The lowest BCUT2D eigenvalue weighted by Crippen LogP contribution is -2.15. The van der Waals surface area contributed by atoms with Crippen molar-refractivity contribution in [3.8, 4) is 0 Å². The molecule has 0 radical (unpaired) electrons. The number of amides is 1. The number of carbonyl (C=O) groups is 1. The van der Waals surface area contributed by atoms with Gasteiger partial charge in [-0.2, -0.15) is 0 Å². The monoisotopic (exact) mass is 336 g/mol. The molecule has 0 aromatic heterocycles. The number of benzene rings is 2. The quantitative estimate of drug-likeness (QED) is 0.882. The van der Waals surface area contributed by atoms with E-state index in [4.69, 9.17) is 0 Å². The van der Waals surface area contributed by atoms with Gasteiger partial charge >= 0.3 is 0 Å². The van der Waals surface area contributed by atoms with Gasteiger partial charge in [0, 0.05) is 17.2 Å². The summed E-state index contributed by atoms with van der Waals surface area (Å²) in [4.78, 5) is 12.3. The lowest BCUT2D eigenvalue weighted by Gasteiger charge is -2.11. The van der Waals surface area contributed by atoms with E-state index in [1.165, 1.54) is 12.1 Å². The Hall–Kier alpha value is -1.88. The first-order chi connectivity index (χ1) is 9.51. The van der Waals surface area contributed by atoms with Crippen LogP contribution in [0.15, 0.2) is 40.9 Å². The molecule has 1 amide bonds. The molecule has 0 aliphatic rings. The van der Waals surface area contributed by atoms with Crippen molar-refractivity contribution in [2.45, 2.75) is 6.92 Å². The Bertz CT molecular complexity index is 658. The number of halogens is 2. The zero-order valence-electron chi connectivity index (χ0n) is 11.1. The average molecular weight is 337 g/mol. The molecule has 104 valence electrons. The molecule has 0 saturated carbocycles. The molecule has 0 spiro atoms. The van der Waals surface area contributed by atoms with Crippen LogP contribution in [-0.4, -0.2) is 13.0 Å². The summed E-state index contributed by atoms with van der Waals surface area (Å²) in [5, 5.41) is 5.54. The van der Waals surface area contributed by atoms with Crippen molar-refractivity contribution in [3.63, 3.8) is 0 Å². The Balaban J connectivity index is 2.32. The number of hydrogen-bond donors (Lipinski definition) is 2. The van der Waals surface area contributed by atoms with Crippen LogP contribution in [0.3, 0.4) is 0 Å². The summed E-state index contributed by atoms with van der Waals surface area (Å²) in [6.07, 6.45) is 0. The normalized spacial score (nSPS) is 10.2. The molecule has 0 aliphatic heterocycles. The Labute approximate surface area is 125 Å². The average Bonchev–Trinajstić information content (AvgIpc) is 2.42. The van der Waals surface area contributed by atoms with E-state index in [9.17, 15) is 9.18 Å². The number of anilines is 2. The highest BCUT2D eigenvalue weighted by Crippen LogP contribution is 2.23. The van der Waals surface area contributed by atoms with E-state index in [2.05, 4.69) is 26.6 Å². The lowest BCUT2D eigenvalue weighted by molar-refractivity contribution is 0.102. The Morgan fingerprint density at radius 3 is 2.60 bits per heavy atom. The molecule has 3 nitrogen and oxygen atoms in total. The van der Waals surface area contributed by atoms with E-state index >= 15 is 0 Å². The first-order valence-corrected chi connectivity index (χ1v) is 6.85. The van der Waals surface area contributed by atoms with E-state index in [0.717, 1.165) is 5.56 Å². The molecule has 0 fully saturated rings. The number of carbonyl (C=O) groups excluding carboxylic acids is 1. The van der Waals surface area contributed by atoms with Gasteiger partial charge in [0.05, 0.1) is 11.3 Å². The molecular formula is C15H14BrFN2O. The van der Waals surface area contributed by atoms with Crippen LogP contribution >= 0.6 is 15.9 Å². The van der Waals surface area contributed by atoms with Crippen LogP contribution < -0.4 is 10.6 Å². The van der Waals surface area contributed by atoms with Gasteiger partial charge in [0.15, 0.2) is 0 Å². The predicted octanol–water partition coefficient (Wildman–Crippen LogP) is 4.19. The van der Waals surface area contributed by atoms with E-state index in [-0.39, 0.29) is 11.6 Å². The van der Waals surface area contributed by atoms with Gasteiger partial charge in [-0.1, -0.05) is 27.6 Å². The fourth-order valence-corrected chi connectivity index (χ4v) is 2.21. The van der Waals surface area contributed by atoms with Gasteiger partial charge < -0.3 is 10.6 Å². The highest BCUT2D eigenvalue weighted by Gasteiger charge is 2.13. The molecular weight excluding hydrogens is 323 g/mol. The van der Waals surface area contributed by atoms with Crippen LogP contribution in [0, 0.1) is 12.7 Å². The minimum atomic E-state index is -0.472. The molecule has 20 heavy (non-hydrogen) atoms. The highest BCUT2D eigenvalue weighted by atomic mass is 79.9. The SMILES string of the molecule is CNc1ccc(C)cc1C(=O)Nc1cc(Br)ccc1F. The zero-order valence-corrected chi connectivity index (χ0v) is 12.7. The van der Waals surface area contributed by atoms with Crippen molar-refractivity contribution in [1.82, 2.24) is 0 Å². The van der Waals surface area contributed by atoms with E-state index in [0.29, 0.717) is 15.7 Å². The molecule has 5 heteroatoms. The number of rotatable bonds is 3. The molecule has 2 aromatic carbocycles. The first-order valence-electron chi connectivity index (χ1n) is 6.06. The molecule has 0 aliphatic carbocycles. The van der Waals surface area contributed by atoms with Crippen molar-refractivity contribution < 1.29 is 9.18 Å². The molecule has 0 bridgehead atoms. The largest absolute Gasteiger partial charge is 0.387 e. The number of nitrogens with one attached hydrogen (secondary N) is 2. The van der Waals surface area contributed by atoms with Gasteiger partial charge in [-0.25, -0.2) is 4.39 Å². The maximum absolute atomic E-state index is 13.7. The minimum absolute atomic E-state index is 0.146. The summed E-state index contributed by atoms with van der Waals surface area (Å²) in [7, 11) is 1.74. The van der Waals surface area contributed by atoms with Crippen LogP contribution in [0.5, 0.6) is 0 Å². The first kappa shape index (κ1) is 14.5. The zero-order chi connectivity index (χ0) is 14.7. The second kappa shape index (κ2) is 6.05. The fourth-order valence-electron chi connectivity index (χ4n) is 1.85. The van der Waals surface area contributed by atoms with Crippen molar-refractivity contribution in [3.05, 3.63) is 57.8 Å². The van der Waals surface area contributed by atoms with Gasteiger partial charge in [0.2, 0.25) is 0 Å². The van der Waals surface area contributed by atoms with Crippen molar-refractivity contribution in [1.29, 1.82) is 0 Å². The summed E-state index contributed by atoms with van der Waals surface area (Å²) >= 11 is 3.25. The van der Waals surface area contributed by atoms with Crippen LogP contribution in [0.1, 0.15) is 15.9 Å². The molecule has 2 rings (SSSR count). The standard InChI is InChI=1S/C15H14BrFN2O/c1-9-3-6-13(18-2)11(7-9)15(20)19-14-8-10(16)4-5-12(14)17/h3-8,18H,1-2H3,(H,19,20). The van der Waals surface area contributed by atoms with Gasteiger partial charge in [0.25, 0.3) is 5.91 Å². The molecule has 0 atom stereocenters. The van der Waals surface area contributed by atoms with Crippen LogP contribution in [0.2, 0.25) is 0 Å². The van der Waals surface area contributed by atoms with Crippen LogP contribution in [0.4, 0.5) is 15.8 Å². The summed E-state index contributed by atoms with van der Waals surface area (Å²) in [6, 6.07) is 9.90. The van der Waals surface area contributed by atoms with Gasteiger partial charge in [-0.05, 0) is 37.3 Å². The van der Waals surface area contributed by atoms with Crippen molar-refractivity contribution in [2.24, 2.45) is 0 Å². The third kappa shape index (κ3) is 3.17. The Morgan fingerprint density at radius 1 is 1.15 bits per heavy atom. The molecule has 2 aromatic rings. The molecule has 2 N–H and O–H groups in total. The number of aryl methyl sites for hydroxylation is 1. The van der Waals surface area contributed by atoms with Crippen LogP contribution in [0.25, 0.3) is 0 Å². The highest BCUT2D eigenvalue weighted by molar-refractivity contribution is 9.10. The van der Waals surface area contributed by atoms with Crippen LogP contribution in [-0.2, 0) is 0 Å². The maximum Gasteiger partial charge on any atom is 0.257 e. The third-order valence-electron chi connectivity index (χ3n) is 2.87. The van der Waals surface area contributed by atoms with Gasteiger partial charge in [-0.15, -0.1) is 0 Å². The number of hydrogen-bond acceptors (Lipinski definition) is 2. The maximum atomic E-state index is 13.7. The summed E-state index contributed by atoms with van der Waals surface area (Å²) in [5.74, 6) is -0.824. The Morgan fingerprint density at radius 2 is 1.90 bits per heavy atom. The minimum Gasteiger partial charge on any atom is -0.387 e. The van der Waals surface area contributed by atoms with Crippen molar-refractivity contribution in [2.75, 3.05) is 17.7 Å². The van der Waals surface area contributed by atoms with Gasteiger partial charge in [-0.3, -0.25) is 4.79 Å². The fraction of sp³-hybridized carbons (Fsp3) is 0.133. The second-order valence-corrected chi connectivity index (χ2v) is 5.29. The van der Waals surface area contributed by atoms with Gasteiger partial charge in [0.1, 0.15) is 5.82 Å². The molecule has 0 heterocycles. The Kier molecular flexibility index (Phi) is 4.39. The summed E-state index contributed by atoms with van der Waals surface area (Å²) < 4.78 is 14.4. The lowest BCUT2D eigenvalue weighted by atomic mass is 10.1. The summed E-state index contributed by atoms with van der Waals surface area (Å²) in [6.45, 7) is 1.90. The third-order valence-corrected chi connectivity index (χ3v) is 3.36. The second-order valence-electron chi connectivity index (χ2n) is 4.38. The smallest absolute Gasteiger partial charge is 0.257 e. The van der Waals surface area contributed by atoms with E-state index in [1.54, 1.807) is 19.2 Å². The topological polar surface area (TPSA) is 41.1 Å². The molecule has 0 unspecified atom stereocenters.